The highest BCUT2D eigenvalue weighted by atomic mass is 35.5. The Morgan fingerprint density at radius 2 is 2.00 bits per heavy atom. The van der Waals surface area contributed by atoms with E-state index in [1.54, 1.807) is 19.2 Å². The number of thioether (sulfide) groups is 1. The van der Waals surface area contributed by atoms with Crippen molar-refractivity contribution < 1.29 is 19.4 Å². The minimum Gasteiger partial charge on any atom is -0.481 e. The number of benzene rings is 1. The summed E-state index contributed by atoms with van der Waals surface area (Å²) in [5.41, 5.74) is 0.882. The van der Waals surface area contributed by atoms with E-state index in [-0.39, 0.29) is 23.5 Å². The van der Waals surface area contributed by atoms with E-state index < -0.39 is 5.97 Å². The number of ether oxygens (including phenoxy) is 1. The van der Waals surface area contributed by atoms with Gasteiger partial charge in [0.15, 0.2) is 0 Å². The number of methoxy groups -OCH3 is 1. The van der Waals surface area contributed by atoms with Gasteiger partial charge in [-0.2, -0.15) is 0 Å². The van der Waals surface area contributed by atoms with Crippen LogP contribution in [0.4, 0.5) is 0 Å². The van der Waals surface area contributed by atoms with Crippen molar-refractivity contribution >= 4 is 35.2 Å². The van der Waals surface area contributed by atoms with Crippen LogP contribution in [0.2, 0.25) is 5.02 Å². The van der Waals surface area contributed by atoms with Gasteiger partial charge in [-0.1, -0.05) is 23.7 Å². The van der Waals surface area contributed by atoms with Gasteiger partial charge < -0.3 is 15.2 Å². The second kappa shape index (κ2) is 8.84. The number of hydrogen-bond acceptors (Lipinski definition) is 4. The molecule has 0 aliphatic rings. The molecule has 1 atom stereocenters. The summed E-state index contributed by atoms with van der Waals surface area (Å²) in [4.78, 5) is 22.1. The molecule has 0 saturated carbocycles. The molecule has 0 aliphatic carbocycles. The lowest BCUT2D eigenvalue weighted by Gasteiger charge is -2.18. The number of carbonyl (C=O) groups is 2. The molecule has 0 radical (unpaired) electrons. The summed E-state index contributed by atoms with van der Waals surface area (Å²) in [6.07, 6.45) is 0. The van der Waals surface area contributed by atoms with E-state index in [1.807, 2.05) is 12.1 Å². The summed E-state index contributed by atoms with van der Waals surface area (Å²) in [5, 5.41) is 11.9. The number of amides is 1. The molecule has 0 fully saturated rings. The topological polar surface area (TPSA) is 75.6 Å². The molecular formula is C13H16ClNO4S. The summed E-state index contributed by atoms with van der Waals surface area (Å²) in [7, 11) is 1.55. The average molecular weight is 318 g/mol. The Labute approximate surface area is 126 Å². The fourth-order valence-electron chi connectivity index (χ4n) is 1.55. The second-order valence-electron chi connectivity index (χ2n) is 4.01. The molecule has 1 aromatic rings. The maximum absolute atomic E-state index is 11.7. The molecule has 0 saturated heterocycles. The summed E-state index contributed by atoms with van der Waals surface area (Å²) in [5.74, 6) is -1.16. The molecule has 1 aromatic carbocycles. The molecule has 20 heavy (non-hydrogen) atoms. The third-order valence-electron chi connectivity index (χ3n) is 2.40. The second-order valence-corrected chi connectivity index (χ2v) is 5.44. The SMILES string of the molecule is COCC(NC(=O)CSCC(=O)O)c1ccc(Cl)cc1. The molecule has 7 heteroatoms. The van der Waals surface area contributed by atoms with Gasteiger partial charge in [-0.25, -0.2) is 0 Å². The molecule has 1 unspecified atom stereocenters. The molecular weight excluding hydrogens is 302 g/mol. The molecule has 0 spiro atoms. The molecule has 1 rings (SSSR count). The summed E-state index contributed by atoms with van der Waals surface area (Å²) >= 11 is 6.87. The van der Waals surface area contributed by atoms with Crippen LogP contribution in [-0.2, 0) is 14.3 Å². The lowest BCUT2D eigenvalue weighted by atomic mass is 10.1. The van der Waals surface area contributed by atoms with Crippen LogP contribution in [0, 0.1) is 0 Å². The number of halogens is 1. The van der Waals surface area contributed by atoms with Crippen LogP contribution in [-0.4, -0.2) is 42.2 Å². The smallest absolute Gasteiger partial charge is 0.313 e. The third-order valence-corrected chi connectivity index (χ3v) is 3.57. The van der Waals surface area contributed by atoms with Crippen molar-refractivity contribution in [3.63, 3.8) is 0 Å². The molecule has 0 aliphatic heterocycles. The average Bonchev–Trinajstić information content (AvgIpc) is 2.38. The standard InChI is InChI=1S/C13H16ClNO4S/c1-19-6-11(9-2-4-10(14)5-3-9)15-12(16)7-20-8-13(17)18/h2-5,11H,6-8H2,1H3,(H,15,16)(H,17,18). The van der Waals surface area contributed by atoms with E-state index in [0.29, 0.717) is 11.6 Å². The van der Waals surface area contributed by atoms with Crippen LogP contribution < -0.4 is 5.32 Å². The first-order valence-corrected chi connectivity index (χ1v) is 7.39. The van der Waals surface area contributed by atoms with Crippen LogP contribution in [0.5, 0.6) is 0 Å². The van der Waals surface area contributed by atoms with Crippen LogP contribution in [0.3, 0.4) is 0 Å². The molecule has 0 heterocycles. The molecule has 110 valence electrons. The van der Waals surface area contributed by atoms with Crippen molar-refractivity contribution in [2.45, 2.75) is 6.04 Å². The van der Waals surface area contributed by atoms with E-state index >= 15 is 0 Å². The van der Waals surface area contributed by atoms with Crippen LogP contribution in [0.25, 0.3) is 0 Å². The Bertz CT molecular complexity index is 452. The molecule has 0 bridgehead atoms. The van der Waals surface area contributed by atoms with Crippen LogP contribution in [0.15, 0.2) is 24.3 Å². The Morgan fingerprint density at radius 3 is 2.55 bits per heavy atom. The van der Waals surface area contributed by atoms with Crippen LogP contribution in [0.1, 0.15) is 11.6 Å². The zero-order chi connectivity index (χ0) is 15.0. The zero-order valence-electron chi connectivity index (χ0n) is 11.0. The molecule has 5 nitrogen and oxygen atoms in total. The highest BCUT2D eigenvalue weighted by Crippen LogP contribution is 2.17. The van der Waals surface area contributed by atoms with Gasteiger partial charge in [0, 0.05) is 12.1 Å². The third kappa shape index (κ3) is 6.27. The van der Waals surface area contributed by atoms with E-state index in [9.17, 15) is 9.59 Å². The van der Waals surface area contributed by atoms with E-state index in [1.165, 1.54) is 0 Å². The minimum absolute atomic E-state index is 0.0939. The first kappa shape index (κ1) is 16.8. The molecule has 0 aromatic heterocycles. The van der Waals surface area contributed by atoms with Crippen molar-refractivity contribution in [1.82, 2.24) is 5.32 Å². The van der Waals surface area contributed by atoms with E-state index in [2.05, 4.69) is 5.32 Å². The Balaban J connectivity index is 2.56. The summed E-state index contributed by atoms with van der Waals surface area (Å²) < 4.78 is 5.08. The van der Waals surface area contributed by atoms with E-state index in [4.69, 9.17) is 21.4 Å². The van der Waals surface area contributed by atoms with Gasteiger partial charge in [0.25, 0.3) is 0 Å². The highest BCUT2D eigenvalue weighted by Gasteiger charge is 2.14. The molecule has 2 N–H and O–H groups in total. The first-order valence-electron chi connectivity index (χ1n) is 5.86. The van der Waals surface area contributed by atoms with Gasteiger partial charge in [0.2, 0.25) is 5.91 Å². The molecule has 1 amide bonds. The normalized spacial score (nSPS) is 11.9. The van der Waals surface area contributed by atoms with Gasteiger partial charge >= 0.3 is 5.97 Å². The number of aliphatic carboxylic acids is 1. The quantitative estimate of drug-likeness (QED) is 0.766. The zero-order valence-corrected chi connectivity index (χ0v) is 12.5. The van der Waals surface area contributed by atoms with Gasteiger partial charge in [0.1, 0.15) is 0 Å². The van der Waals surface area contributed by atoms with Crippen molar-refractivity contribution in [3.8, 4) is 0 Å². The lowest BCUT2D eigenvalue weighted by Crippen LogP contribution is -2.32. The predicted molar refractivity (Wildman–Crippen MR) is 79.2 cm³/mol. The van der Waals surface area contributed by atoms with Gasteiger partial charge in [-0.15, -0.1) is 11.8 Å². The van der Waals surface area contributed by atoms with Gasteiger partial charge in [0.05, 0.1) is 24.2 Å². The fraction of sp³-hybridized carbons (Fsp3) is 0.385. The number of hydrogen-bond donors (Lipinski definition) is 2. The Morgan fingerprint density at radius 1 is 1.35 bits per heavy atom. The van der Waals surface area contributed by atoms with Crippen molar-refractivity contribution in [2.24, 2.45) is 0 Å². The summed E-state index contributed by atoms with van der Waals surface area (Å²) in [6.45, 7) is 0.330. The van der Waals surface area contributed by atoms with Gasteiger partial charge in [-0.05, 0) is 17.7 Å². The number of carboxylic acid groups (broad SMARTS) is 1. The minimum atomic E-state index is -0.936. The maximum Gasteiger partial charge on any atom is 0.313 e. The Kier molecular flexibility index (Phi) is 7.43. The highest BCUT2D eigenvalue weighted by molar-refractivity contribution is 8.00. The van der Waals surface area contributed by atoms with Gasteiger partial charge in [-0.3, -0.25) is 9.59 Å². The fourth-order valence-corrected chi connectivity index (χ4v) is 2.22. The number of rotatable bonds is 8. The van der Waals surface area contributed by atoms with Crippen molar-refractivity contribution in [1.29, 1.82) is 0 Å². The first-order chi connectivity index (χ1) is 9.52. The number of carboxylic acids is 1. The van der Waals surface area contributed by atoms with Crippen molar-refractivity contribution in [2.75, 3.05) is 25.2 Å². The number of carbonyl (C=O) groups excluding carboxylic acids is 1. The maximum atomic E-state index is 11.7. The predicted octanol–water partition coefficient (Wildman–Crippen LogP) is 1.96. The van der Waals surface area contributed by atoms with Crippen molar-refractivity contribution in [3.05, 3.63) is 34.9 Å². The largest absolute Gasteiger partial charge is 0.481 e. The van der Waals surface area contributed by atoms with E-state index in [0.717, 1.165) is 17.3 Å². The lowest BCUT2D eigenvalue weighted by molar-refractivity contribution is -0.133. The monoisotopic (exact) mass is 317 g/mol. The number of nitrogens with one attached hydrogen (secondary N) is 1. The Hall–Kier alpha value is -1.24. The van der Waals surface area contributed by atoms with Crippen LogP contribution >= 0.6 is 23.4 Å². The summed E-state index contributed by atoms with van der Waals surface area (Å²) in [6, 6.07) is 6.83.